The van der Waals surface area contributed by atoms with E-state index in [0.717, 1.165) is 0 Å². The van der Waals surface area contributed by atoms with E-state index in [0.29, 0.717) is 38.5 Å². The highest BCUT2D eigenvalue weighted by Crippen LogP contribution is 2.23. The van der Waals surface area contributed by atoms with Crippen LogP contribution in [0.15, 0.2) is 18.5 Å². The number of carbonyl (C=O) groups is 3. The number of aliphatic carboxylic acids is 1. The molecule has 2 amide bonds. The van der Waals surface area contributed by atoms with Crippen molar-refractivity contribution in [1.29, 1.82) is 0 Å². The second-order valence-corrected chi connectivity index (χ2v) is 7.37. The maximum atomic E-state index is 13.0. The molecule has 2 fully saturated rings. The van der Waals surface area contributed by atoms with Gasteiger partial charge < -0.3 is 25.0 Å². The van der Waals surface area contributed by atoms with E-state index in [1.54, 1.807) is 23.4 Å². The smallest absolute Gasteiger partial charge is 0.336 e. The first-order chi connectivity index (χ1) is 13.4. The first-order valence-electron chi connectivity index (χ1n) is 9.36. The molecular weight excluding hydrogens is 366 g/mol. The van der Waals surface area contributed by atoms with Crippen molar-refractivity contribution in [2.45, 2.75) is 38.5 Å². The molecule has 3 heterocycles. The van der Waals surface area contributed by atoms with Crippen LogP contribution in [0.3, 0.4) is 0 Å². The quantitative estimate of drug-likeness (QED) is 0.596. The van der Waals surface area contributed by atoms with Crippen molar-refractivity contribution < 1.29 is 24.2 Å². The van der Waals surface area contributed by atoms with Gasteiger partial charge in [-0.2, -0.15) is 0 Å². The van der Waals surface area contributed by atoms with Gasteiger partial charge in [0.25, 0.3) is 5.91 Å². The number of carboxylic acid groups (broad SMARTS) is 1. The van der Waals surface area contributed by atoms with Crippen molar-refractivity contribution in [2.75, 3.05) is 31.1 Å². The Morgan fingerprint density at radius 2 is 1.82 bits per heavy atom. The van der Waals surface area contributed by atoms with Crippen LogP contribution in [0, 0.1) is 5.92 Å². The third kappa shape index (κ3) is 4.75. The summed E-state index contributed by atoms with van der Waals surface area (Å²) in [6.45, 7) is 6.13. The second kappa shape index (κ2) is 8.51. The molecule has 1 aromatic rings. The number of piperazine rings is 1. The van der Waals surface area contributed by atoms with Crippen molar-refractivity contribution in [3.63, 3.8) is 0 Å². The molecule has 0 bridgehead atoms. The molecule has 3 rings (SSSR count). The number of carbonyl (C=O) groups excluding carboxylic acids is 2. The zero-order chi connectivity index (χ0) is 20.3. The molecule has 0 aromatic carbocycles. The van der Waals surface area contributed by atoms with E-state index in [1.807, 2.05) is 18.7 Å². The summed E-state index contributed by atoms with van der Waals surface area (Å²) in [6.07, 6.45) is 1.68. The van der Waals surface area contributed by atoms with Crippen LogP contribution < -0.4 is 10.2 Å². The van der Waals surface area contributed by atoms with E-state index in [1.165, 1.54) is 0 Å². The van der Waals surface area contributed by atoms with E-state index in [4.69, 9.17) is 9.84 Å². The summed E-state index contributed by atoms with van der Waals surface area (Å²) >= 11 is 0. The molecule has 1 unspecified atom stereocenters. The fourth-order valence-corrected chi connectivity index (χ4v) is 3.25. The minimum Gasteiger partial charge on any atom is -0.479 e. The van der Waals surface area contributed by atoms with E-state index < -0.39 is 30.1 Å². The van der Waals surface area contributed by atoms with E-state index in [9.17, 15) is 14.4 Å². The highest BCUT2D eigenvalue weighted by atomic mass is 16.6. The molecule has 2 saturated heterocycles. The molecule has 152 valence electrons. The number of anilines is 1. The maximum absolute atomic E-state index is 13.0. The summed E-state index contributed by atoms with van der Waals surface area (Å²) in [4.78, 5) is 48.3. The lowest BCUT2D eigenvalue weighted by Crippen LogP contribution is -2.56. The Balaban J connectivity index is 1.57. The normalized spacial score (nSPS) is 22.7. The fraction of sp³-hybridized carbons (Fsp3) is 0.611. The highest BCUT2D eigenvalue weighted by Gasteiger charge is 2.51. The standard InChI is InChI=1S/C18H25N5O5/c1-11(2)10-12(21-15(24)13-14(28-13)17(26)27)16(25)22-6-8-23(9-7-22)18-19-4-3-5-20-18/h3-5,11-14H,6-10H2,1-2H3,(H,21,24)(H,26,27)/t12?,13-,14-/m0/s1. The molecule has 3 atom stereocenters. The van der Waals surface area contributed by atoms with Gasteiger partial charge >= 0.3 is 5.97 Å². The molecule has 0 saturated carbocycles. The number of aromatic nitrogens is 2. The number of carboxylic acids is 1. The molecule has 0 spiro atoms. The van der Waals surface area contributed by atoms with Crippen LogP contribution in [0.4, 0.5) is 5.95 Å². The summed E-state index contributed by atoms with van der Waals surface area (Å²) in [7, 11) is 0. The summed E-state index contributed by atoms with van der Waals surface area (Å²) in [6, 6.07) is 1.05. The van der Waals surface area contributed by atoms with Crippen LogP contribution >= 0.6 is 0 Å². The van der Waals surface area contributed by atoms with Crippen molar-refractivity contribution in [2.24, 2.45) is 5.92 Å². The van der Waals surface area contributed by atoms with Crippen molar-refractivity contribution in [1.82, 2.24) is 20.2 Å². The number of ether oxygens (including phenoxy) is 1. The Labute approximate surface area is 162 Å². The lowest BCUT2D eigenvalue weighted by atomic mass is 10.0. The Morgan fingerprint density at radius 3 is 2.36 bits per heavy atom. The molecule has 0 aliphatic carbocycles. The molecule has 2 aliphatic heterocycles. The number of hydrogen-bond donors (Lipinski definition) is 2. The second-order valence-electron chi connectivity index (χ2n) is 7.37. The van der Waals surface area contributed by atoms with E-state index >= 15 is 0 Å². The van der Waals surface area contributed by atoms with Gasteiger partial charge in [-0.1, -0.05) is 13.8 Å². The molecule has 2 N–H and O–H groups in total. The monoisotopic (exact) mass is 391 g/mol. The fourth-order valence-electron chi connectivity index (χ4n) is 3.25. The number of nitrogens with zero attached hydrogens (tertiary/aromatic N) is 4. The number of amides is 2. The predicted molar refractivity (Wildman–Crippen MR) is 98.5 cm³/mol. The van der Waals surface area contributed by atoms with E-state index in [2.05, 4.69) is 15.3 Å². The topological polar surface area (TPSA) is 128 Å². The summed E-state index contributed by atoms with van der Waals surface area (Å²) in [5.74, 6) is -1.08. The summed E-state index contributed by atoms with van der Waals surface area (Å²) in [5.41, 5.74) is 0. The van der Waals surface area contributed by atoms with Gasteiger partial charge in [-0.15, -0.1) is 0 Å². The highest BCUT2D eigenvalue weighted by molar-refractivity contribution is 5.95. The average Bonchev–Trinajstić information content (AvgIpc) is 3.49. The maximum Gasteiger partial charge on any atom is 0.336 e. The first-order valence-corrected chi connectivity index (χ1v) is 9.36. The lowest BCUT2D eigenvalue weighted by Gasteiger charge is -2.36. The van der Waals surface area contributed by atoms with Crippen LogP contribution in [-0.4, -0.2) is 82.2 Å². The van der Waals surface area contributed by atoms with Gasteiger partial charge in [0.05, 0.1) is 0 Å². The van der Waals surface area contributed by atoms with Gasteiger partial charge in [-0.05, 0) is 18.4 Å². The van der Waals surface area contributed by atoms with Gasteiger partial charge in [0.2, 0.25) is 11.9 Å². The van der Waals surface area contributed by atoms with Gasteiger partial charge in [0.15, 0.2) is 12.2 Å². The molecular formula is C18H25N5O5. The molecule has 10 heteroatoms. The van der Waals surface area contributed by atoms with Gasteiger partial charge in [0.1, 0.15) is 6.04 Å². The van der Waals surface area contributed by atoms with Crippen LogP contribution in [0.2, 0.25) is 0 Å². The SMILES string of the molecule is CC(C)CC(NC(=O)[C@H]1O[C@@H]1C(=O)O)C(=O)N1CCN(c2ncccn2)CC1. The van der Waals surface area contributed by atoms with Crippen LogP contribution in [0.5, 0.6) is 0 Å². The number of epoxide rings is 1. The molecule has 0 radical (unpaired) electrons. The van der Waals surface area contributed by atoms with Crippen LogP contribution in [-0.2, 0) is 19.1 Å². The zero-order valence-corrected chi connectivity index (χ0v) is 15.9. The predicted octanol–water partition coefficient (Wildman–Crippen LogP) is -0.492. The van der Waals surface area contributed by atoms with Crippen LogP contribution in [0.25, 0.3) is 0 Å². The van der Waals surface area contributed by atoms with Gasteiger partial charge in [-0.25, -0.2) is 14.8 Å². The molecule has 10 nitrogen and oxygen atoms in total. The van der Waals surface area contributed by atoms with Crippen molar-refractivity contribution >= 4 is 23.7 Å². The summed E-state index contributed by atoms with van der Waals surface area (Å²) < 4.78 is 4.88. The van der Waals surface area contributed by atoms with Crippen molar-refractivity contribution in [3.8, 4) is 0 Å². The molecule has 2 aliphatic rings. The average molecular weight is 391 g/mol. The minimum absolute atomic E-state index is 0.164. The number of rotatable bonds is 7. The third-order valence-corrected chi connectivity index (χ3v) is 4.74. The Morgan fingerprint density at radius 1 is 1.18 bits per heavy atom. The van der Waals surface area contributed by atoms with Crippen molar-refractivity contribution in [3.05, 3.63) is 18.5 Å². The first kappa shape index (κ1) is 20.0. The molecule has 1 aromatic heterocycles. The Bertz CT molecular complexity index is 720. The van der Waals surface area contributed by atoms with E-state index in [-0.39, 0.29) is 11.8 Å². The lowest BCUT2D eigenvalue weighted by molar-refractivity contribution is -0.138. The minimum atomic E-state index is -1.17. The van der Waals surface area contributed by atoms with Gasteiger partial charge in [-0.3, -0.25) is 9.59 Å². The zero-order valence-electron chi connectivity index (χ0n) is 15.9. The Hall–Kier alpha value is -2.75. The largest absolute Gasteiger partial charge is 0.479 e. The number of hydrogen-bond acceptors (Lipinski definition) is 7. The van der Waals surface area contributed by atoms with Gasteiger partial charge in [0, 0.05) is 38.6 Å². The van der Waals surface area contributed by atoms with Crippen LogP contribution in [0.1, 0.15) is 20.3 Å². The Kier molecular flexibility index (Phi) is 6.08. The summed E-state index contributed by atoms with van der Waals surface area (Å²) in [5, 5.41) is 11.6. The molecule has 28 heavy (non-hydrogen) atoms. The number of nitrogens with one attached hydrogen (secondary N) is 1. The third-order valence-electron chi connectivity index (χ3n) is 4.74.